The highest BCUT2D eigenvalue weighted by atomic mass is 35.5. The van der Waals surface area contributed by atoms with Gasteiger partial charge in [0.15, 0.2) is 5.82 Å². The Hall–Kier alpha value is -3.84. The number of carbonyl (C=O) groups is 2. The summed E-state index contributed by atoms with van der Waals surface area (Å²) in [7, 11) is 1.48. The number of nitrogens with two attached hydrogens (primary N) is 1. The number of aromatic nitrogens is 3. The smallest absolute Gasteiger partial charge is 0.416 e. The molecule has 0 aliphatic heterocycles. The Morgan fingerprint density at radius 1 is 1.13 bits per heavy atom. The van der Waals surface area contributed by atoms with Crippen LogP contribution in [0, 0.1) is 0 Å². The van der Waals surface area contributed by atoms with Crippen LogP contribution in [0.15, 0.2) is 53.3 Å². The van der Waals surface area contributed by atoms with Crippen LogP contribution in [-0.2, 0) is 33.5 Å². The van der Waals surface area contributed by atoms with E-state index in [2.05, 4.69) is 10.4 Å². The first-order valence-electron chi connectivity index (χ1n) is 11.6. The van der Waals surface area contributed by atoms with Gasteiger partial charge in [-0.25, -0.2) is 14.3 Å². The largest absolute Gasteiger partial charge is 0.447 e. The number of hydrogen-bond donors (Lipinski definition) is 2. The standard InChI is InChI=1S/C25H27ClF3N5O5/c1-24(2,38-3)14-33-21(15-8-10-16(26)11-9-15)32-34(23(33)37)12-20(35)31-19(13-39-22(30)36)17-6-4-5-7-18(17)25(27,28)29/h4-11,19H,12-14H2,1-3H3,(H2,30,36)(H,31,35). The second kappa shape index (κ2) is 11.9. The van der Waals surface area contributed by atoms with Crippen LogP contribution in [0.2, 0.25) is 5.02 Å². The van der Waals surface area contributed by atoms with Gasteiger partial charge >= 0.3 is 18.0 Å². The number of benzene rings is 2. The first-order chi connectivity index (χ1) is 18.2. The molecule has 14 heteroatoms. The maximum atomic E-state index is 13.6. The zero-order valence-corrected chi connectivity index (χ0v) is 22.0. The van der Waals surface area contributed by atoms with Crippen LogP contribution < -0.4 is 16.7 Å². The molecule has 0 fully saturated rings. The highest BCUT2D eigenvalue weighted by Crippen LogP contribution is 2.34. The second-order valence-corrected chi connectivity index (χ2v) is 9.59. The molecule has 210 valence electrons. The zero-order valence-electron chi connectivity index (χ0n) is 21.3. The van der Waals surface area contributed by atoms with E-state index in [1.165, 1.54) is 23.8 Å². The van der Waals surface area contributed by atoms with E-state index in [-0.39, 0.29) is 17.9 Å². The molecule has 3 rings (SSSR count). The molecule has 2 amide bonds. The molecule has 3 aromatic rings. The number of methoxy groups -OCH3 is 1. The van der Waals surface area contributed by atoms with Crippen molar-refractivity contribution in [3.63, 3.8) is 0 Å². The molecule has 10 nitrogen and oxygen atoms in total. The van der Waals surface area contributed by atoms with Crippen LogP contribution in [0.1, 0.15) is 31.0 Å². The van der Waals surface area contributed by atoms with Gasteiger partial charge in [-0.05, 0) is 49.7 Å². The Morgan fingerprint density at radius 3 is 2.36 bits per heavy atom. The van der Waals surface area contributed by atoms with Gasteiger partial charge in [0.25, 0.3) is 0 Å². The normalized spacial score (nSPS) is 12.7. The van der Waals surface area contributed by atoms with Crippen molar-refractivity contribution in [3.8, 4) is 11.4 Å². The molecule has 1 unspecified atom stereocenters. The Bertz CT molecular complexity index is 1390. The molecule has 0 aliphatic carbocycles. The van der Waals surface area contributed by atoms with Gasteiger partial charge in [0.05, 0.1) is 23.8 Å². The van der Waals surface area contributed by atoms with Crippen molar-refractivity contribution in [2.24, 2.45) is 5.73 Å². The first kappa shape index (κ1) is 29.7. The lowest BCUT2D eigenvalue weighted by molar-refractivity contribution is -0.139. The molecule has 3 N–H and O–H groups in total. The second-order valence-electron chi connectivity index (χ2n) is 9.16. The summed E-state index contributed by atoms with van der Waals surface area (Å²) in [6.45, 7) is 2.29. The summed E-state index contributed by atoms with van der Waals surface area (Å²) in [5.41, 5.74) is 2.72. The van der Waals surface area contributed by atoms with Gasteiger partial charge in [-0.15, -0.1) is 5.10 Å². The van der Waals surface area contributed by atoms with E-state index in [4.69, 9.17) is 26.8 Å². The zero-order chi connectivity index (χ0) is 29.0. The third kappa shape index (κ3) is 7.60. The number of alkyl halides is 3. The number of nitrogens with zero attached hydrogens (tertiary/aromatic N) is 3. The van der Waals surface area contributed by atoms with E-state index < -0.39 is 54.2 Å². The van der Waals surface area contributed by atoms with E-state index in [9.17, 15) is 27.6 Å². The van der Waals surface area contributed by atoms with Crippen molar-refractivity contribution in [2.75, 3.05) is 13.7 Å². The minimum Gasteiger partial charge on any atom is -0.447 e. The van der Waals surface area contributed by atoms with Crippen LogP contribution in [0.3, 0.4) is 0 Å². The lowest BCUT2D eigenvalue weighted by Gasteiger charge is -2.23. The lowest BCUT2D eigenvalue weighted by atomic mass is 10.00. The number of halogens is 4. The molecule has 1 heterocycles. The van der Waals surface area contributed by atoms with Gasteiger partial charge in [0.2, 0.25) is 5.91 Å². The van der Waals surface area contributed by atoms with Gasteiger partial charge in [0.1, 0.15) is 13.2 Å². The molecule has 1 atom stereocenters. The fraction of sp³-hybridized carbons (Fsp3) is 0.360. The fourth-order valence-electron chi connectivity index (χ4n) is 3.75. The van der Waals surface area contributed by atoms with Crippen molar-refractivity contribution in [1.82, 2.24) is 19.7 Å². The molecular weight excluding hydrogens is 543 g/mol. The van der Waals surface area contributed by atoms with Gasteiger partial charge in [0, 0.05) is 17.7 Å². The Balaban J connectivity index is 1.96. The average Bonchev–Trinajstić information content (AvgIpc) is 3.15. The van der Waals surface area contributed by atoms with E-state index in [0.717, 1.165) is 16.8 Å². The lowest BCUT2D eigenvalue weighted by Crippen LogP contribution is -2.39. The highest BCUT2D eigenvalue weighted by molar-refractivity contribution is 6.30. The average molecular weight is 570 g/mol. The third-order valence-corrected chi connectivity index (χ3v) is 6.03. The Kier molecular flexibility index (Phi) is 9.07. The number of carbonyl (C=O) groups excluding carboxylic acids is 2. The molecule has 0 bridgehead atoms. The van der Waals surface area contributed by atoms with Gasteiger partial charge in [-0.2, -0.15) is 13.2 Å². The number of nitrogens with one attached hydrogen (secondary N) is 1. The molecule has 39 heavy (non-hydrogen) atoms. The number of hydrogen-bond acceptors (Lipinski definition) is 6. The number of ether oxygens (including phenoxy) is 2. The van der Waals surface area contributed by atoms with Crippen LogP contribution in [-0.4, -0.2) is 45.7 Å². The van der Waals surface area contributed by atoms with Gasteiger partial charge in [-0.1, -0.05) is 29.8 Å². The number of rotatable bonds is 10. The van der Waals surface area contributed by atoms with Crippen LogP contribution >= 0.6 is 11.6 Å². The molecule has 1 aromatic heterocycles. The topological polar surface area (TPSA) is 130 Å². The summed E-state index contributed by atoms with van der Waals surface area (Å²) in [6.07, 6.45) is -5.98. The van der Waals surface area contributed by atoms with Crippen molar-refractivity contribution in [1.29, 1.82) is 0 Å². The Morgan fingerprint density at radius 2 is 1.77 bits per heavy atom. The maximum absolute atomic E-state index is 13.6. The van der Waals surface area contributed by atoms with Crippen LogP contribution in [0.5, 0.6) is 0 Å². The maximum Gasteiger partial charge on any atom is 0.416 e. The fourth-order valence-corrected chi connectivity index (χ4v) is 3.88. The summed E-state index contributed by atoms with van der Waals surface area (Å²) < 4.78 is 53.2. The van der Waals surface area contributed by atoms with Crippen molar-refractivity contribution >= 4 is 23.6 Å². The third-order valence-electron chi connectivity index (χ3n) is 5.78. The predicted molar refractivity (Wildman–Crippen MR) is 136 cm³/mol. The number of amides is 2. The van der Waals surface area contributed by atoms with Crippen LogP contribution in [0.25, 0.3) is 11.4 Å². The van der Waals surface area contributed by atoms with Crippen molar-refractivity contribution in [3.05, 3.63) is 75.2 Å². The van der Waals surface area contributed by atoms with Gasteiger partial charge < -0.3 is 20.5 Å². The molecule has 0 aliphatic rings. The van der Waals surface area contributed by atoms with E-state index in [1.807, 2.05) is 0 Å². The van der Waals surface area contributed by atoms with Crippen LogP contribution in [0.4, 0.5) is 18.0 Å². The van der Waals surface area contributed by atoms with Crippen molar-refractivity contribution < 1.29 is 32.2 Å². The van der Waals surface area contributed by atoms with Gasteiger partial charge in [-0.3, -0.25) is 9.36 Å². The summed E-state index contributed by atoms with van der Waals surface area (Å²) >= 11 is 5.98. The molecule has 2 aromatic carbocycles. The minimum absolute atomic E-state index is 0.0793. The Labute approximate surface area is 226 Å². The molecule has 0 spiro atoms. The SMILES string of the molecule is COC(C)(C)Cn1c(-c2ccc(Cl)cc2)nn(CC(=O)NC(COC(N)=O)c2ccccc2C(F)(F)F)c1=O. The summed E-state index contributed by atoms with van der Waals surface area (Å²) in [6, 6.07) is 9.62. The van der Waals surface area contributed by atoms with E-state index in [1.54, 1.807) is 38.1 Å². The molecule has 0 saturated heterocycles. The highest BCUT2D eigenvalue weighted by Gasteiger charge is 2.36. The summed E-state index contributed by atoms with van der Waals surface area (Å²) in [4.78, 5) is 37.4. The predicted octanol–water partition coefficient (Wildman–Crippen LogP) is 3.76. The molecular formula is C25H27ClF3N5O5. The molecule has 0 saturated carbocycles. The summed E-state index contributed by atoms with van der Waals surface area (Å²) in [5.74, 6) is -0.629. The number of primary amides is 1. The first-order valence-corrected chi connectivity index (χ1v) is 12.0. The van der Waals surface area contributed by atoms with Crippen molar-refractivity contribution in [2.45, 2.75) is 44.8 Å². The van der Waals surface area contributed by atoms with E-state index >= 15 is 0 Å². The summed E-state index contributed by atoms with van der Waals surface area (Å²) in [5, 5.41) is 7.16. The molecule has 0 radical (unpaired) electrons. The minimum atomic E-state index is -4.75. The quantitative estimate of drug-likeness (QED) is 0.382. The monoisotopic (exact) mass is 569 g/mol. The van der Waals surface area contributed by atoms with E-state index in [0.29, 0.717) is 10.6 Å².